The largest absolute Gasteiger partial charge is 0.333 e. The highest BCUT2D eigenvalue weighted by atomic mass is 35.5. The van der Waals surface area contributed by atoms with Crippen LogP contribution in [-0.4, -0.2) is 40.0 Å². The Balaban J connectivity index is 1.46. The molecule has 2 unspecified atom stereocenters. The van der Waals surface area contributed by atoms with Gasteiger partial charge in [-0.25, -0.2) is 18.7 Å². The molecule has 0 saturated heterocycles. The van der Waals surface area contributed by atoms with Gasteiger partial charge in [0.25, 0.3) is 5.56 Å². The van der Waals surface area contributed by atoms with E-state index in [9.17, 15) is 23.6 Å². The standard InChI is InChI=1S/C30H23ClF3N9O2/c1-16-3-2-4-23(20-9-18(7-8-36-20)28-22(40-29(16)45)13-39-43(28)30(33)34)41-15-37-21(10-25(41)44)26-24(6-5-19(31)27(26)32)42-14-17(11-35)12-38-42/h5-10,12-16,23,30H,2-4H2,1H3,(H,40,45). The number of nitrogens with zero attached hydrogens (tertiary/aromatic N) is 8. The number of aromatic nitrogens is 7. The van der Waals surface area contributed by atoms with E-state index in [4.69, 9.17) is 11.6 Å². The summed E-state index contributed by atoms with van der Waals surface area (Å²) in [6.45, 7) is -1.25. The van der Waals surface area contributed by atoms with Gasteiger partial charge in [0.15, 0.2) is 5.82 Å². The first-order chi connectivity index (χ1) is 21.7. The first-order valence-electron chi connectivity index (χ1n) is 13.8. The number of hydrogen-bond donors (Lipinski definition) is 1. The summed E-state index contributed by atoms with van der Waals surface area (Å²) in [5, 5.41) is 19.6. The molecular formula is C30H23ClF3N9O2. The fourth-order valence-electron chi connectivity index (χ4n) is 5.37. The van der Waals surface area contributed by atoms with E-state index in [1.165, 1.54) is 58.6 Å². The Bertz CT molecular complexity index is 2030. The van der Waals surface area contributed by atoms with Crippen molar-refractivity contribution < 1.29 is 18.0 Å². The number of carbonyl (C=O) groups excluding carboxylic acids is 1. The minimum absolute atomic E-state index is 0.00326. The van der Waals surface area contributed by atoms with Crippen molar-refractivity contribution in [2.75, 3.05) is 5.32 Å². The van der Waals surface area contributed by atoms with E-state index in [1.54, 1.807) is 13.0 Å². The van der Waals surface area contributed by atoms with Crippen molar-refractivity contribution in [1.82, 2.24) is 34.1 Å². The van der Waals surface area contributed by atoms with Crippen LogP contribution in [0.4, 0.5) is 18.9 Å². The average molecular weight is 634 g/mol. The number of nitrogens with one attached hydrogen (secondary N) is 1. The van der Waals surface area contributed by atoms with Gasteiger partial charge in [0.05, 0.1) is 69.4 Å². The molecule has 5 aromatic rings. The maximum Gasteiger partial charge on any atom is 0.333 e. The van der Waals surface area contributed by atoms with Crippen molar-refractivity contribution in [2.24, 2.45) is 5.92 Å². The zero-order chi connectivity index (χ0) is 31.8. The number of halogens is 4. The average Bonchev–Trinajstić information content (AvgIpc) is 3.68. The number of fused-ring (bicyclic) bond motifs is 4. The van der Waals surface area contributed by atoms with E-state index in [1.807, 2.05) is 6.07 Å². The molecule has 1 aliphatic rings. The van der Waals surface area contributed by atoms with E-state index in [0.29, 0.717) is 35.2 Å². The molecule has 1 N–H and O–H groups in total. The normalized spacial score (nSPS) is 16.8. The van der Waals surface area contributed by atoms with Crippen LogP contribution in [-0.2, 0) is 4.79 Å². The number of carbonyl (C=O) groups is 1. The topological polar surface area (TPSA) is 136 Å². The second-order valence-corrected chi connectivity index (χ2v) is 10.9. The van der Waals surface area contributed by atoms with Gasteiger partial charge in [-0.15, -0.1) is 0 Å². The Hall–Kier alpha value is -5.29. The van der Waals surface area contributed by atoms with Crippen molar-refractivity contribution in [3.8, 4) is 34.3 Å². The number of amides is 1. The highest BCUT2D eigenvalue weighted by Crippen LogP contribution is 2.36. The molecule has 6 rings (SSSR count). The van der Waals surface area contributed by atoms with Gasteiger partial charge in [-0.1, -0.05) is 24.9 Å². The fourth-order valence-corrected chi connectivity index (χ4v) is 5.53. The molecule has 0 saturated carbocycles. The minimum atomic E-state index is -2.98. The molecule has 11 nitrogen and oxygen atoms in total. The van der Waals surface area contributed by atoms with E-state index in [-0.39, 0.29) is 44.8 Å². The summed E-state index contributed by atoms with van der Waals surface area (Å²) < 4.78 is 46.5. The van der Waals surface area contributed by atoms with Gasteiger partial charge in [-0.2, -0.15) is 24.2 Å². The van der Waals surface area contributed by atoms with Crippen molar-refractivity contribution in [3.63, 3.8) is 0 Å². The summed E-state index contributed by atoms with van der Waals surface area (Å²) in [5.74, 6) is -1.64. The van der Waals surface area contributed by atoms with E-state index < -0.39 is 29.9 Å². The third-order valence-corrected chi connectivity index (χ3v) is 7.95. The number of anilines is 1. The van der Waals surface area contributed by atoms with Crippen LogP contribution in [0.3, 0.4) is 0 Å². The number of pyridine rings is 1. The zero-order valence-electron chi connectivity index (χ0n) is 23.5. The van der Waals surface area contributed by atoms with Crippen molar-refractivity contribution >= 4 is 23.2 Å². The Labute approximate surface area is 258 Å². The predicted octanol–water partition coefficient (Wildman–Crippen LogP) is 5.76. The van der Waals surface area contributed by atoms with Crippen LogP contribution in [0.15, 0.2) is 66.2 Å². The smallest absolute Gasteiger partial charge is 0.323 e. The lowest BCUT2D eigenvalue weighted by Crippen LogP contribution is -2.27. The lowest BCUT2D eigenvalue weighted by atomic mass is 9.97. The molecule has 0 aliphatic carbocycles. The van der Waals surface area contributed by atoms with Crippen molar-refractivity contribution in [3.05, 3.63) is 93.9 Å². The Kier molecular flexibility index (Phi) is 7.94. The van der Waals surface area contributed by atoms with Crippen LogP contribution in [0.25, 0.3) is 28.2 Å². The lowest BCUT2D eigenvalue weighted by molar-refractivity contribution is -0.119. The predicted molar refractivity (Wildman–Crippen MR) is 157 cm³/mol. The molecular weight excluding hydrogens is 611 g/mol. The van der Waals surface area contributed by atoms with E-state index in [0.717, 1.165) is 6.07 Å². The van der Waals surface area contributed by atoms with Crippen LogP contribution in [0, 0.1) is 23.1 Å². The van der Waals surface area contributed by atoms with Gasteiger partial charge in [0.1, 0.15) is 6.07 Å². The van der Waals surface area contributed by atoms with Crippen molar-refractivity contribution in [2.45, 2.75) is 38.8 Å². The second kappa shape index (κ2) is 12.0. The lowest BCUT2D eigenvalue weighted by Gasteiger charge is -2.22. The first-order valence-corrected chi connectivity index (χ1v) is 14.2. The fraction of sp³-hybridized carbons (Fsp3) is 0.233. The molecule has 0 fully saturated rings. The van der Waals surface area contributed by atoms with Gasteiger partial charge in [-0.05, 0) is 37.1 Å². The summed E-state index contributed by atoms with van der Waals surface area (Å²) in [6.07, 6.45) is 7.90. The molecule has 1 amide bonds. The summed E-state index contributed by atoms with van der Waals surface area (Å²) >= 11 is 6.10. The zero-order valence-corrected chi connectivity index (χ0v) is 24.3. The number of hydrogen-bond acceptors (Lipinski definition) is 7. The monoisotopic (exact) mass is 633 g/mol. The summed E-state index contributed by atoms with van der Waals surface area (Å²) in [5.41, 5.74) is 0.625. The third-order valence-electron chi connectivity index (χ3n) is 7.66. The summed E-state index contributed by atoms with van der Waals surface area (Å²) in [6, 6.07) is 8.34. The Morgan fingerprint density at radius 1 is 1.11 bits per heavy atom. The van der Waals surface area contributed by atoms with Gasteiger partial charge >= 0.3 is 6.55 Å². The SMILES string of the molecule is CC1CCCC(n2cnc(-c3c(-n4cc(C#N)cn4)ccc(Cl)c3F)cc2=O)c2cc(ccn2)-c2c(cnn2C(F)F)NC1=O. The van der Waals surface area contributed by atoms with Crippen LogP contribution < -0.4 is 10.9 Å². The quantitative estimate of drug-likeness (QED) is 0.266. The summed E-state index contributed by atoms with van der Waals surface area (Å²) in [4.78, 5) is 35.5. The summed E-state index contributed by atoms with van der Waals surface area (Å²) in [7, 11) is 0. The minimum Gasteiger partial charge on any atom is -0.323 e. The van der Waals surface area contributed by atoms with Crippen LogP contribution in [0.5, 0.6) is 0 Å². The Morgan fingerprint density at radius 3 is 2.67 bits per heavy atom. The second-order valence-electron chi connectivity index (χ2n) is 10.5. The van der Waals surface area contributed by atoms with Gasteiger partial charge in [0, 0.05) is 29.9 Å². The molecule has 5 heterocycles. The number of nitriles is 1. The molecule has 45 heavy (non-hydrogen) atoms. The van der Waals surface area contributed by atoms with E-state index in [2.05, 4.69) is 25.5 Å². The van der Waals surface area contributed by atoms with Gasteiger partial charge < -0.3 is 5.32 Å². The number of rotatable bonds is 4. The Morgan fingerprint density at radius 2 is 1.93 bits per heavy atom. The molecule has 15 heteroatoms. The molecule has 2 atom stereocenters. The first kappa shape index (κ1) is 29.8. The molecule has 4 aromatic heterocycles. The van der Waals surface area contributed by atoms with Crippen molar-refractivity contribution in [1.29, 1.82) is 5.26 Å². The molecule has 1 aromatic carbocycles. The third kappa shape index (κ3) is 5.58. The molecule has 2 bridgehead atoms. The number of alkyl halides is 2. The number of benzene rings is 1. The maximum absolute atomic E-state index is 15.5. The van der Waals surface area contributed by atoms with Crippen LogP contribution in [0.1, 0.15) is 50.0 Å². The van der Waals surface area contributed by atoms with Crippen LogP contribution in [0.2, 0.25) is 5.02 Å². The van der Waals surface area contributed by atoms with Gasteiger partial charge in [-0.3, -0.25) is 19.1 Å². The van der Waals surface area contributed by atoms with Crippen LogP contribution >= 0.6 is 11.6 Å². The highest BCUT2D eigenvalue weighted by molar-refractivity contribution is 6.31. The maximum atomic E-state index is 15.5. The highest BCUT2D eigenvalue weighted by Gasteiger charge is 2.27. The molecule has 0 spiro atoms. The molecule has 228 valence electrons. The van der Waals surface area contributed by atoms with E-state index >= 15 is 4.39 Å². The van der Waals surface area contributed by atoms with Gasteiger partial charge in [0.2, 0.25) is 5.91 Å². The molecule has 0 radical (unpaired) electrons. The molecule has 1 aliphatic heterocycles.